The molecule has 0 bridgehead atoms. The van der Waals surface area contributed by atoms with Crippen molar-refractivity contribution in [3.8, 4) is 0 Å². The summed E-state index contributed by atoms with van der Waals surface area (Å²) in [6, 6.07) is 9.85. The second kappa shape index (κ2) is 6.85. The van der Waals surface area contributed by atoms with Gasteiger partial charge in [-0.1, -0.05) is 30.3 Å². The predicted molar refractivity (Wildman–Crippen MR) is 63.8 cm³/mol. The summed E-state index contributed by atoms with van der Waals surface area (Å²) < 4.78 is 0. The highest BCUT2D eigenvalue weighted by molar-refractivity contribution is 7.99. The molecule has 0 aliphatic rings. The van der Waals surface area contributed by atoms with Gasteiger partial charge in [0, 0.05) is 17.5 Å². The lowest BCUT2D eigenvalue weighted by atomic mass is 10.1. The van der Waals surface area contributed by atoms with E-state index in [-0.39, 0.29) is 12.6 Å². The first-order chi connectivity index (χ1) is 7.24. The molecule has 0 amide bonds. The molecule has 2 unspecified atom stereocenters. The average Bonchev–Trinajstić information content (AvgIpc) is 2.29. The smallest absolute Gasteiger partial charge is 0.0861 e. The number of rotatable bonds is 6. The molecule has 1 aromatic carbocycles. The number of hydrogen-bond acceptors (Lipinski definition) is 4. The molecule has 0 spiro atoms. The lowest BCUT2D eigenvalue weighted by Gasteiger charge is -2.12. The van der Waals surface area contributed by atoms with Crippen molar-refractivity contribution in [1.29, 1.82) is 0 Å². The molecule has 0 saturated heterocycles. The van der Waals surface area contributed by atoms with E-state index in [0.717, 1.165) is 11.3 Å². The van der Waals surface area contributed by atoms with Gasteiger partial charge in [-0.25, -0.2) is 0 Å². The summed E-state index contributed by atoms with van der Waals surface area (Å²) in [6.07, 6.45) is -0.641. The van der Waals surface area contributed by atoms with Gasteiger partial charge in [-0.15, -0.1) is 0 Å². The zero-order valence-electron chi connectivity index (χ0n) is 8.54. The van der Waals surface area contributed by atoms with Gasteiger partial charge in [-0.2, -0.15) is 11.8 Å². The Hall–Kier alpha value is -0.550. The summed E-state index contributed by atoms with van der Waals surface area (Å²) in [6.45, 7) is -0.187. The third-order valence-corrected chi connectivity index (χ3v) is 3.26. The van der Waals surface area contributed by atoms with Crippen molar-refractivity contribution in [2.45, 2.75) is 12.1 Å². The normalized spacial score (nSPS) is 14.9. The summed E-state index contributed by atoms with van der Waals surface area (Å²) in [5.74, 6) is 1.28. The molecule has 0 radical (unpaired) electrons. The third-order valence-electron chi connectivity index (χ3n) is 2.05. The van der Waals surface area contributed by atoms with Crippen LogP contribution in [0.2, 0.25) is 0 Å². The maximum atomic E-state index is 9.13. The Balaban J connectivity index is 2.28. The van der Waals surface area contributed by atoms with Gasteiger partial charge in [-0.05, 0) is 5.56 Å². The Labute approximate surface area is 94.3 Å². The maximum absolute atomic E-state index is 9.13. The standard InChI is InChI=1S/C11H17NO2S/c12-11(8-15-7-10(14)6-13)9-4-2-1-3-5-9/h1-5,10-11,13-14H,6-8,12H2. The van der Waals surface area contributed by atoms with Crippen LogP contribution in [0.15, 0.2) is 30.3 Å². The van der Waals surface area contributed by atoms with E-state index in [0.29, 0.717) is 5.75 Å². The Morgan fingerprint density at radius 2 is 1.87 bits per heavy atom. The van der Waals surface area contributed by atoms with Gasteiger partial charge in [0.2, 0.25) is 0 Å². The Kier molecular flexibility index (Phi) is 5.71. The van der Waals surface area contributed by atoms with Gasteiger partial charge < -0.3 is 15.9 Å². The van der Waals surface area contributed by atoms with Gasteiger partial charge in [0.25, 0.3) is 0 Å². The summed E-state index contributed by atoms with van der Waals surface area (Å²) >= 11 is 1.55. The minimum Gasteiger partial charge on any atom is -0.394 e. The molecule has 0 aromatic heterocycles. The molecule has 3 nitrogen and oxygen atoms in total. The van der Waals surface area contributed by atoms with Gasteiger partial charge in [0.05, 0.1) is 12.7 Å². The van der Waals surface area contributed by atoms with E-state index in [1.54, 1.807) is 11.8 Å². The monoisotopic (exact) mass is 227 g/mol. The second-order valence-corrected chi connectivity index (χ2v) is 4.47. The van der Waals surface area contributed by atoms with Gasteiger partial charge >= 0.3 is 0 Å². The molecule has 4 heteroatoms. The molecule has 0 aliphatic carbocycles. The average molecular weight is 227 g/mol. The van der Waals surface area contributed by atoms with Crippen LogP contribution in [-0.2, 0) is 0 Å². The van der Waals surface area contributed by atoms with Gasteiger partial charge in [0.1, 0.15) is 0 Å². The van der Waals surface area contributed by atoms with Crippen molar-refractivity contribution in [2.75, 3.05) is 18.1 Å². The second-order valence-electron chi connectivity index (χ2n) is 3.39. The van der Waals surface area contributed by atoms with Crippen LogP contribution in [0.1, 0.15) is 11.6 Å². The number of aliphatic hydroxyl groups is 2. The molecule has 0 saturated carbocycles. The van der Waals surface area contributed by atoms with Gasteiger partial charge in [0.15, 0.2) is 0 Å². The molecule has 1 rings (SSSR count). The van der Waals surface area contributed by atoms with Crippen LogP contribution in [0.3, 0.4) is 0 Å². The first kappa shape index (κ1) is 12.5. The molecule has 0 heterocycles. The maximum Gasteiger partial charge on any atom is 0.0861 e. The Bertz CT molecular complexity index is 269. The van der Waals surface area contributed by atoms with Crippen molar-refractivity contribution >= 4 is 11.8 Å². The van der Waals surface area contributed by atoms with Crippen LogP contribution < -0.4 is 5.73 Å². The van der Waals surface area contributed by atoms with E-state index < -0.39 is 6.10 Å². The van der Waals surface area contributed by atoms with Crippen molar-refractivity contribution in [3.05, 3.63) is 35.9 Å². The summed E-state index contributed by atoms with van der Waals surface area (Å²) in [5, 5.41) is 17.8. The zero-order chi connectivity index (χ0) is 11.1. The quantitative estimate of drug-likeness (QED) is 0.671. The number of hydrogen-bond donors (Lipinski definition) is 3. The van der Waals surface area contributed by atoms with Crippen molar-refractivity contribution in [2.24, 2.45) is 5.73 Å². The lowest BCUT2D eigenvalue weighted by Crippen LogP contribution is -2.18. The van der Waals surface area contributed by atoms with Crippen molar-refractivity contribution in [1.82, 2.24) is 0 Å². The van der Waals surface area contributed by atoms with E-state index in [4.69, 9.17) is 15.9 Å². The molecule has 4 N–H and O–H groups in total. The van der Waals surface area contributed by atoms with Crippen LogP contribution in [0, 0.1) is 0 Å². The first-order valence-electron chi connectivity index (χ1n) is 4.91. The minimum atomic E-state index is -0.641. The van der Waals surface area contributed by atoms with Crippen molar-refractivity contribution in [3.63, 3.8) is 0 Å². The lowest BCUT2D eigenvalue weighted by molar-refractivity contribution is 0.113. The SMILES string of the molecule is NC(CSCC(O)CO)c1ccccc1. The molecular formula is C11H17NO2S. The summed E-state index contributed by atoms with van der Waals surface area (Å²) in [4.78, 5) is 0. The number of nitrogens with two attached hydrogens (primary N) is 1. The highest BCUT2D eigenvalue weighted by atomic mass is 32.2. The highest BCUT2D eigenvalue weighted by Crippen LogP contribution is 2.16. The molecule has 1 aromatic rings. The van der Waals surface area contributed by atoms with Crippen LogP contribution >= 0.6 is 11.8 Å². The van der Waals surface area contributed by atoms with Crippen molar-refractivity contribution < 1.29 is 10.2 Å². The fourth-order valence-electron chi connectivity index (χ4n) is 1.18. The Morgan fingerprint density at radius 3 is 2.47 bits per heavy atom. The molecule has 15 heavy (non-hydrogen) atoms. The molecular weight excluding hydrogens is 210 g/mol. The van der Waals surface area contributed by atoms with E-state index in [1.807, 2.05) is 30.3 Å². The van der Waals surface area contributed by atoms with E-state index in [1.165, 1.54) is 0 Å². The van der Waals surface area contributed by atoms with Crippen LogP contribution in [-0.4, -0.2) is 34.4 Å². The predicted octanol–water partition coefficient (Wildman–Crippen LogP) is 0.773. The number of benzene rings is 1. The first-order valence-corrected chi connectivity index (χ1v) is 6.06. The Morgan fingerprint density at radius 1 is 1.20 bits per heavy atom. The molecule has 0 fully saturated rings. The van der Waals surface area contributed by atoms with E-state index in [2.05, 4.69) is 0 Å². The third kappa shape index (κ3) is 4.66. The van der Waals surface area contributed by atoms with Crippen LogP contribution in [0.25, 0.3) is 0 Å². The highest BCUT2D eigenvalue weighted by Gasteiger charge is 2.07. The fraction of sp³-hybridized carbons (Fsp3) is 0.455. The van der Waals surface area contributed by atoms with E-state index >= 15 is 0 Å². The fourth-order valence-corrected chi connectivity index (χ4v) is 2.14. The summed E-state index contributed by atoms with van der Waals surface area (Å²) in [7, 11) is 0. The van der Waals surface area contributed by atoms with Gasteiger partial charge in [-0.3, -0.25) is 0 Å². The number of thioether (sulfide) groups is 1. The molecule has 0 aliphatic heterocycles. The van der Waals surface area contributed by atoms with E-state index in [9.17, 15) is 0 Å². The van der Waals surface area contributed by atoms with Crippen LogP contribution in [0.4, 0.5) is 0 Å². The minimum absolute atomic E-state index is 0.0120. The zero-order valence-corrected chi connectivity index (χ0v) is 9.36. The van der Waals surface area contributed by atoms with Crippen LogP contribution in [0.5, 0.6) is 0 Å². The summed E-state index contributed by atoms with van der Waals surface area (Å²) in [5.41, 5.74) is 7.06. The number of aliphatic hydroxyl groups excluding tert-OH is 2. The molecule has 2 atom stereocenters. The largest absolute Gasteiger partial charge is 0.394 e. The topological polar surface area (TPSA) is 66.5 Å². The molecule has 84 valence electrons.